The summed E-state index contributed by atoms with van der Waals surface area (Å²) in [4.78, 5) is 0. The highest BCUT2D eigenvalue weighted by atomic mass is 16.6. The fourth-order valence-corrected chi connectivity index (χ4v) is 4.21. The molecule has 5 nitrogen and oxygen atoms in total. The molecule has 0 amide bonds. The lowest BCUT2D eigenvalue weighted by Gasteiger charge is -2.24. The molecular weight excluding hydrogens is 392 g/mol. The summed E-state index contributed by atoms with van der Waals surface area (Å²) >= 11 is 0. The van der Waals surface area contributed by atoms with Crippen molar-refractivity contribution >= 4 is 0 Å². The fourth-order valence-electron chi connectivity index (χ4n) is 4.21. The van der Waals surface area contributed by atoms with Gasteiger partial charge in [0.25, 0.3) is 0 Å². The topological polar surface area (TPSA) is 79.2 Å². The third kappa shape index (κ3) is 14.3. The molecule has 0 aliphatic carbocycles. The molecule has 0 saturated carbocycles. The number of hydrogen-bond acceptors (Lipinski definition) is 5. The van der Waals surface area contributed by atoms with Gasteiger partial charge in [-0.2, -0.15) is 0 Å². The molecule has 1 fully saturated rings. The number of aliphatic hydroxyl groups is 3. The molecule has 0 unspecified atom stereocenters. The standard InChI is InChI=1S/C26H50O5/c1-2-3-4-5-6-7-8-9-10-11-12-13-14-15-16-17-18-19-20-30-24(21-27)26-25(29)23(28)22-31-26/h3-4,23-29H,2,5-22H2,1H3/b4-3+/t23-,24+,25+,26+/m0/s1. The summed E-state index contributed by atoms with van der Waals surface area (Å²) < 4.78 is 11.0. The van der Waals surface area contributed by atoms with Crippen LogP contribution in [0.25, 0.3) is 0 Å². The van der Waals surface area contributed by atoms with Gasteiger partial charge in [-0.25, -0.2) is 0 Å². The van der Waals surface area contributed by atoms with E-state index >= 15 is 0 Å². The summed E-state index contributed by atoms with van der Waals surface area (Å²) in [5.74, 6) is 0. The Hall–Kier alpha value is -0.460. The summed E-state index contributed by atoms with van der Waals surface area (Å²) in [6.07, 6.45) is 22.4. The molecule has 4 atom stereocenters. The van der Waals surface area contributed by atoms with E-state index in [1.807, 2.05) is 0 Å². The van der Waals surface area contributed by atoms with Crippen LogP contribution in [0.5, 0.6) is 0 Å². The second-order valence-electron chi connectivity index (χ2n) is 9.07. The maximum absolute atomic E-state index is 9.85. The van der Waals surface area contributed by atoms with E-state index in [0.717, 1.165) is 19.3 Å². The molecular formula is C26H50O5. The van der Waals surface area contributed by atoms with Crippen LogP contribution in [0.3, 0.4) is 0 Å². The highest BCUT2D eigenvalue weighted by molar-refractivity contribution is 4.88. The lowest BCUT2D eigenvalue weighted by atomic mass is 10.0. The van der Waals surface area contributed by atoms with Gasteiger partial charge >= 0.3 is 0 Å². The van der Waals surface area contributed by atoms with Crippen LogP contribution >= 0.6 is 0 Å². The Kier molecular flexibility index (Phi) is 18.6. The quantitative estimate of drug-likeness (QED) is 0.166. The first-order valence-electron chi connectivity index (χ1n) is 13.1. The smallest absolute Gasteiger partial charge is 0.114 e. The number of aliphatic hydroxyl groups excluding tert-OH is 3. The zero-order chi connectivity index (χ0) is 22.6. The molecule has 0 aromatic carbocycles. The van der Waals surface area contributed by atoms with Crippen molar-refractivity contribution in [2.24, 2.45) is 0 Å². The van der Waals surface area contributed by atoms with Crippen LogP contribution in [0.2, 0.25) is 0 Å². The predicted octanol–water partition coefficient (Wildman–Crippen LogP) is 5.30. The van der Waals surface area contributed by atoms with Crippen LogP contribution < -0.4 is 0 Å². The average Bonchev–Trinajstić information content (AvgIpc) is 3.11. The number of ether oxygens (including phenoxy) is 2. The van der Waals surface area contributed by atoms with E-state index in [4.69, 9.17) is 9.47 Å². The second-order valence-corrected chi connectivity index (χ2v) is 9.07. The van der Waals surface area contributed by atoms with E-state index in [-0.39, 0.29) is 13.2 Å². The maximum atomic E-state index is 9.85. The first kappa shape index (κ1) is 28.6. The lowest BCUT2D eigenvalue weighted by molar-refractivity contribution is -0.101. The predicted molar refractivity (Wildman–Crippen MR) is 127 cm³/mol. The third-order valence-electron chi connectivity index (χ3n) is 6.24. The number of rotatable bonds is 21. The average molecular weight is 443 g/mol. The minimum absolute atomic E-state index is 0.100. The van der Waals surface area contributed by atoms with Gasteiger partial charge in [0.15, 0.2) is 0 Å². The normalized spacial score (nSPS) is 22.5. The fraction of sp³-hybridized carbons (Fsp3) is 0.923. The van der Waals surface area contributed by atoms with Gasteiger partial charge in [0, 0.05) is 6.61 Å². The number of allylic oxidation sites excluding steroid dienone is 2. The van der Waals surface area contributed by atoms with E-state index < -0.39 is 24.4 Å². The molecule has 1 aliphatic heterocycles. The summed E-state index contributed by atoms with van der Waals surface area (Å²) in [6.45, 7) is 2.65. The van der Waals surface area contributed by atoms with Crippen molar-refractivity contribution in [1.82, 2.24) is 0 Å². The molecule has 0 radical (unpaired) electrons. The number of hydrogen-bond donors (Lipinski definition) is 3. The van der Waals surface area contributed by atoms with Gasteiger partial charge in [-0.05, 0) is 25.7 Å². The molecule has 0 bridgehead atoms. The SMILES string of the molecule is CC/C=C/CCCCCCCCCCCCCCCCO[C@H](CO)[C@H]1OC[C@H](O)[C@H]1O. The van der Waals surface area contributed by atoms with Crippen LogP contribution in [0.4, 0.5) is 0 Å². The van der Waals surface area contributed by atoms with E-state index in [2.05, 4.69) is 19.1 Å². The molecule has 3 N–H and O–H groups in total. The molecule has 1 saturated heterocycles. The van der Waals surface area contributed by atoms with Gasteiger partial charge < -0.3 is 24.8 Å². The maximum Gasteiger partial charge on any atom is 0.114 e. The molecule has 0 spiro atoms. The molecule has 31 heavy (non-hydrogen) atoms. The molecule has 0 aromatic heterocycles. The van der Waals surface area contributed by atoms with Crippen LogP contribution in [-0.2, 0) is 9.47 Å². The monoisotopic (exact) mass is 442 g/mol. The van der Waals surface area contributed by atoms with Gasteiger partial charge in [-0.15, -0.1) is 0 Å². The van der Waals surface area contributed by atoms with Gasteiger partial charge in [0.05, 0.1) is 13.2 Å². The summed E-state index contributed by atoms with van der Waals surface area (Å²) in [5, 5.41) is 28.8. The molecule has 1 rings (SSSR count). The third-order valence-corrected chi connectivity index (χ3v) is 6.24. The minimum atomic E-state index is -0.977. The van der Waals surface area contributed by atoms with Crippen molar-refractivity contribution in [2.45, 2.75) is 134 Å². The van der Waals surface area contributed by atoms with E-state index in [1.54, 1.807) is 0 Å². The van der Waals surface area contributed by atoms with Crippen LogP contribution in [0, 0.1) is 0 Å². The van der Waals surface area contributed by atoms with Gasteiger partial charge in [-0.3, -0.25) is 0 Å². The minimum Gasteiger partial charge on any atom is -0.394 e. The molecule has 0 aromatic rings. The molecule has 1 aliphatic rings. The summed E-state index contributed by atoms with van der Waals surface area (Å²) in [6, 6.07) is 0. The van der Waals surface area contributed by atoms with E-state index in [1.165, 1.54) is 83.5 Å². The lowest BCUT2D eigenvalue weighted by Crippen LogP contribution is -2.42. The largest absolute Gasteiger partial charge is 0.394 e. The summed E-state index contributed by atoms with van der Waals surface area (Å²) in [5.41, 5.74) is 0. The highest BCUT2D eigenvalue weighted by Gasteiger charge is 2.40. The van der Waals surface area contributed by atoms with Crippen LogP contribution in [0.1, 0.15) is 110 Å². The first-order valence-corrected chi connectivity index (χ1v) is 13.1. The van der Waals surface area contributed by atoms with Crippen molar-refractivity contribution in [3.05, 3.63) is 12.2 Å². The Morgan fingerprint density at radius 3 is 1.77 bits per heavy atom. The molecule has 5 heteroatoms. The van der Waals surface area contributed by atoms with Gasteiger partial charge in [0.1, 0.15) is 24.4 Å². The Labute approximate surface area is 191 Å². The Bertz CT molecular complexity index is 415. The molecule has 1 heterocycles. The Balaban J connectivity index is 1.79. The van der Waals surface area contributed by atoms with E-state index in [9.17, 15) is 15.3 Å². The van der Waals surface area contributed by atoms with Crippen LogP contribution in [0.15, 0.2) is 12.2 Å². The Morgan fingerprint density at radius 1 is 0.806 bits per heavy atom. The number of unbranched alkanes of at least 4 members (excludes halogenated alkanes) is 14. The van der Waals surface area contributed by atoms with Crippen molar-refractivity contribution in [3.63, 3.8) is 0 Å². The van der Waals surface area contributed by atoms with E-state index in [0.29, 0.717) is 6.61 Å². The first-order chi connectivity index (χ1) is 15.2. The van der Waals surface area contributed by atoms with Crippen molar-refractivity contribution in [2.75, 3.05) is 19.8 Å². The van der Waals surface area contributed by atoms with Crippen LogP contribution in [-0.4, -0.2) is 59.6 Å². The van der Waals surface area contributed by atoms with Crippen molar-refractivity contribution < 1.29 is 24.8 Å². The highest BCUT2D eigenvalue weighted by Crippen LogP contribution is 2.20. The van der Waals surface area contributed by atoms with Gasteiger partial charge in [-0.1, -0.05) is 96.1 Å². The van der Waals surface area contributed by atoms with Crippen molar-refractivity contribution in [1.29, 1.82) is 0 Å². The molecule has 184 valence electrons. The zero-order valence-electron chi connectivity index (χ0n) is 20.1. The zero-order valence-corrected chi connectivity index (χ0v) is 20.1. The second kappa shape index (κ2) is 20.2. The van der Waals surface area contributed by atoms with Gasteiger partial charge in [0.2, 0.25) is 0 Å². The van der Waals surface area contributed by atoms with Crippen molar-refractivity contribution in [3.8, 4) is 0 Å². The summed E-state index contributed by atoms with van der Waals surface area (Å²) in [7, 11) is 0. The Morgan fingerprint density at radius 2 is 1.32 bits per heavy atom.